The zero-order valence-electron chi connectivity index (χ0n) is 26.8. The average molecular weight is 573 g/mol. The molecule has 0 aromatic heterocycles. The van der Waals surface area contributed by atoms with Gasteiger partial charge >= 0.3 is 0 Å². The maximum absolute atomic E-state index is 10.3. The van der Waals surface area contributed by atoms with Crippen molar-refractivity contribution in [2.24, 2.45) is 5.92 Å². The number of aliphatic hydroxyl groups excluding tert-OH is 2. The Morgan fingerprint density at radius 1 is 0.462 bits per heavy atom. The molecule has 0 aliphatic rings. The maximum atomic E-state index is 10.3. The first-order chi connectivity index (χ1) is 19.2. The van der Waals surface area contributed by atoms with Crippen LogP contribution in [-0.2, 0) is 4.52 Å². The van der Waals surface area contributed by atoms with E-state index in [0.717, 1.165) is 12.8 Å². The molecular formula is C35H73O3P. The highest BCUT2D eigenvalue weighted by Gasteiger charge is 2.27. The zero-order valence-corrected chi connectivity index (χ0v) is 28.0. The minimum absolute atomic E-state index is 0.215. The van der Waals surface area contributed by atoms with Crippen molar-refractivity contribution in [2.75, 3.05) is 6.61 Å². The normalized spacial score (nSPS) is 14.1. The van der Waals surface area contributed by atoms with Crippen LogP contribution in [0.5, 0.6) is 0 Å². The van der Waals surface area contributed by atoms with Gasteiger partial charge in [-0.3, -0.25) is 0 Å². The Morgan fingerprint density at radius 2 is 0.718 bits per heavy atom. The summed E-state index contributed by atoms with van der Waals surface area (Å²) in [5, 5.41) is 19.8. The number of hydrogen-bond donors (Lipinski definition) is 2. The van der Waals surface area contributed by atoms with Gasteiger partial charge in [0.2, 0.25) is 0 Å². The van der Waals surface area contributed by atoms with Gasteiger partial charge in [-0.05, 0) is 18.8 Å². The van der Waals surface area contributed by atoms with Gasteiger partial charge in [-0.25, -0.2) is 0 Å². The van der Waals surface area contributed by atoms with Gasteiger partial charge in [0.1, 0.15) is 6.10 Å². The largest absolute Gasteiger partial charge is 0.394 e. The van der Waals surface area contributed by atoms with E-state index in [0.29, 0.717) is 5.92 Å². The lowest BCUT2D eigenvalue weighted by atomic mass is 9.87. The van der Waals surface area contributed by atoms with Crippen LogP contribution in [0, 0.1) is 5.92 Å². The Labute approximate surface area is 248 Å². The van der Waals surface area contributed by atoms with Crippen molar-refractivity contribution in [3.05, 3.63) is 0 Å². The van der Waals surface area contributed by atoms with E-state index < -0.39 is 6.10 Å². The Balaban J connectivity index is 3.86. The topological polar surface area (TPSA) is 49.7 Å². The molecule has 4 unspecified atom stereocenters. The Kier molecular flexibility index (Phi) is 33.1. The van der Waals surface area contributed by atoms with Crippen LogP contribution in [0.1, 0.15) is 200 Å². The van der Waals surface area contributed by atoms with Gasteiger partial charge in [-0.2, -0.15) is 0 Å². The fourth-order valence-corrected chi connectivity index (χ4v) is 6.52. The van der Waals surface area contributed by atoms with Crippen LogP contribution < -0.4 is 0 Å². The second-order valence-electron chi connectivity index (χ2n) is 12.5. The third-order valence-electron chi connectivity index (χ3n) is 8.79. The molecular weight excluding hydrogens is 499 g/mol. The molecule has 2 N–H and O–H groups in total. The SMILES string of the molecule is CCCCCCCCCCCCCCCCC(CCCCCCCCCCCCCCC)C(OP)C(O)CO. The van der Waals surface area contributed by atoms with Crippen molar-refractivity contribution in [1.29, 1.82) is 0 Å². The van der Waals surface area contributed by atoms with Crippen molar-refractivity contribution in [3.63, 3.8) is 0 Å². The first kappa shape index (κ1) is 39.3. The predicted octanol–water partition coefficient (Wildman–Crippen LogP) is 11.5. The molecule has 0 rings (SSSR count). The summed E-state index contributed by atoms with van der Waals surface area (Å²) in [6.45, 7) is 4.36. The van der Waals surface area contributed by atoms with Gasteiger partial charge in [-0.15, -0.1) is 0 Å². The van der Waals surface area contributed by atoms with Crippen LogP contribution in [0.3, 0.4) is 0 Å². The van der Waals surface area contributed by atoms with Crippen molar-refractivity contribution in [2.45, 2.75) is 212 Å². The molecule has 0 aromatic carbocycles. The summed E-state index contributed by atoms with van der Waals surface area (Å²) < 4.78 is 5.61. The number of hydrogen-bond acceptors (Lipinski definition) is 3. The molecule has 0 fully saturated rings. The van der Waals surface area contributed by atoms with Crippen molar-refractivity contribution >= 4 is 9.47 Å². The lowest BCUT2D eigenvalue weighted by molar-refractivity contribution is -0.0251. The van der Waals surface area contributed by atoms with Crippen LogP contribution in [0.15, 0.2) is 0 Å². The number of aliphatic hydroxyl groups is 2. The summed E-state index contributed by atoms with van der Waals surface area (Å²) in [7, 11) is 2.35. The van der Waals surface area contributed by atoms with Crippen LogP contribution in [0.2, 0.25) is 0 Å². The minimum atomic E-state index is -0.777. The van der Waals surface area contributed by atoms with E-state index >= 15 is 0 Å². The first-order valence-corrected chi connectivity index (χ1v) is 18.3. The lowest BCUT2D eigenvalue weighted by Crippen LogP contribution is -2.36. The van der Waals surface area contributed by atoms with Crippen molar-refractivity contribution in [1.82, 2.24) is 0 Å². The summed E-state index contributed by atoms with van der Waals surface area (Å²) >= 11 is 0. The number of unbranched alkanes of at least 4 members (excludes halogenated alkanes) is 25. The Hall–Kier alpha value is 0.310. The highest BCUT2D eigenvalue weighted by molar-refractivity contribution is 7.09. The minimum Gasteiger partial charge on any atom is -0.394 e. The van der Waals surface area contributed by atoms with E-state index in [2.05, 4.69) is 23.3 Å². The standard InChI is InChI=1S/C35H73O3P/c1-3-5-7-9-11-13-15-17-19-21-23-25-27-29-31-33(35(38-39)34(37)32-36)30-28-26-24-22-20-18-16-14-12-10-8-6-4-2/h33-37H,3-32,39H2,1-2H3. The molecule has 0 aliphatic carbocycles. The van der Waals surface area contributed by atoms with Gasteiger partial charge in [0, 0.05) is 9.47 Å². The van der Waals surface area contributed by atoms with Crippen molar-refractivity contribution < 1.29 is 14.7 Å². The molecule has 0 saturated heterocycles. The van der Waals surface area contributed by atoms with Gasteiger partial charge in [0.05, 0.1) is 12.7 Å². The molecule has 39 heavy (non-hydrogen) atoms. The lowest BCUT2D eigenvalue weighted by Gasteiger charge is -2.29. The van der Waals surface area contributed by atoms with Crippen LogP contribution >= 0.6 is 9.47 Å². The van der Waals surface area contributed by atoms with E-state index in [1.807, 2.05) is 0 Å². The molecule has 4 heteroatoms. The summed E-state index contributed by atoms with van der Waals surface area (Å²) in [5.41, 5.74) is 0. The molecule has 0 amide bonds. The number of rotatable bonds is 33. The molecule has 0 saturated carbocycles. The third-order valence-corrected chi connectivity index (χ3v) is 9.11. The summed E-state index contributed by atoms with van der Waals surface area (Å²) in [5.74, 6) is 0.342. The van der Waals surface area contributed by atoms with Crippen LogP contribution in [0.25, 0.3) is 0 Å². The van der Waals surface area contributed by atoms with E-state index in [9.17, 15) is 10.2 Å². The highest BCUT2D eigenvalue weighted by atomic mass is 31.0. The molecule has 0 heterocycles. The molecule has 3 nitrogen and oxygen atoms in total. The van der Waals surface area contributed by atoms with Crippen molar-refractivity contribution in [3.8, 4) is 0 Å². The van der Waals surface area contributed by atoms with Gasteiger partial charge in [0.25, 0.3) is 0 Å². The van der Waals surface area contributed by atoms with E-state index in [1.165, 1.54) is 173 Å². The van der Waals surface area contributed by atoms with Crippen LogP contribution in [-0.4, -0.2) is 29.0 Å². The second kappa shape index (κ2) is 32.8. The second-order valence-corrected chi connectivity index (χ2v) is 12.8. The van der Waals surface area contributed by atoms with E-state index in [-0.39, 0.29) is 12.7 Å². The third kappa shape index (κ3) is 26.9. The Morgan fingerprint density at radius 3 is 0.949 bits per heavy atom. The maximum Gasteiger partial charge on any atom is 0.104 e. The molecule has 0 aliphatic heterocycles. The summed E-state index contributed by atoms with van der Waals surface area (Å²) in [4.78, 5) is 0. The van der Waals surface area contributed by atoms with Crippen LogP contribution in [0.4, 0.5) is 0 Å². The fourth-order valence-electron chi connectivity index (χ4n) is 6.12. The molecule has 0 aromatic rings. The van der Waals surface area contributed by atoms with E-state index in [4.69, 9.17) is 4.52 Å². The molecule has 0 bridgehead atoms. The summed E-state index contributed by atoms with van der Waals surface area (Å²) in [6.07, 6.45) is 38.3. The molecule has 0 spiro atoms. The average Bonchev–Trinajstić information content (AvgIpc) is 2.95. The monoisotopic (exact) mass is 573 g/mol. The molecule has 4 atom stereocenters. The smallest absolute Gasteiger partial charge is 0.104 e. The van der Waals surface area contributed by atoms with Gasteiger partial charge < -0.3 is 14.7 Å². The molecule has 236 valence electrons. The zero-order chi connectivity index (χ0) is 28.7. The van der Waals surface area contributed by atoms with E-state index in [1.54, 1.807) is 0 Å². The Bertz CT molecular complexity index is 448. The van der Waals surface area contributed by atoms with Gasteiger partial charge in [0.15, 0.2) is 0 Å². The highest BCUT2D eigenvalue weighted by Crippen LogP contribution is 2.27. The fraction of sp³-hybridized carbons (Fsp3) is 1.00. The summed E-state index contributed by atoms with van der Waals surface area (Å²) in [6, 6.07) is 0. The molecule has 0 radical (unpaired) electrons. The first-order valence-electron chi connectivity index (χ1n) is 17.9. The predicted molar refractivity (Wildman–Crippen MR) is 176 cm³/mol. The van der Waals surface area contributed by atoms with Gasteiger partial charge in [-0.1, -0.05) is 187 Å². The quantitative estimate of drug-likeness (QED) is 0.0607.